The maximum absolute atomic E-state index is 11.5. The van der Waals surface area contributed by atoms with Crippen molar-refractivity contribution in [3.63, 3.8) is 0 Å². The van der Waals surface area contributed by atoms with Crippen molar-refractivity contribution in [2.24, 2.45) is 0 Å². The number of ether oxygens (including phenoxy) is 1. The molecule has 8 heteroatoms. The molecule has 1 saturated heterocycles. The molecule has 0 atom stereocenters. The van der Waals surface area contributed by atoms with Gasteiger partial charge in [-0.3, -0.25) is 10.2 Å². The molecular weight excluding hydrogens is 356 g/mol. The van der Waals surface area contributed by atoms with Crippen molar-refractivity contribution in [2.45, 2.75) is 26.9 Å². The maximum Gasteiger partial charge on any atom is 0.219 e. The molecule has 0 bridgehead atoms. The van der Waals surface area contributed by atoms with E-state index < -0.39 is 0 Å². The highest BCUT2D eigenvalue weighted by Gasteiger charge is 2.21. The van der Waals surface area contributed by atoms with Crippen LogP contribution in [0, 0.1) is 5.41 Å². The second kappa shape index (κ2) is 8.24. The van der Waals surface area contributed by atoms with E-state index in [0.29, 0.717) is 48.9 Å². The van der Waals surface area contributed by atoms with Crippen LogP contribution in [-0.2, 0) is 4.79 Å². The Kier molecular flexibility index (Phi) is 5.77. The molecule has 0 spiro atoms. The molecule has 28 heavy (non-hydrogen) atoms. The molecule has 8 nitrogen and oxygen atoms in total. The minimum absolute atomic E-state index is 0.0324. The summed E-state index contributed by atoms with van der Waals surface area (Å²) in [6.07, 6.45) is 1.49. The SMILES string of the molecule is CC(=O)N1CCN(c2cc(C(=N)c3cc(OC(C)C)ccc3N)ncn2)CC1. The second-order valence-corrected chi connectivity index (χ2v) is 7.05. The third-order valence-electron chi connectivity index (χ3n) is 4.62. The topological polar surface area (TPSA) is 108 Å². The predicted molar refractivity (Wildman–Crippen MR) is 109 cm³/mol. The van der Waals surface area contributed by atoms with E-state index >= 15 is 0 Å². The lowest BCUT2D eigenvalue weighted by Gasteiger charge is -2.34. The lowest BCUT2D eigenvalue weighted by Crippen LogP contribution is -2.48. The van der Waals surface area contributed by atoms with Crippen molar-refractivity contribution in [3.05, 3.63) is 41.9 Å². The molecule has 1 fully saturated rings. The molecule has 2 aromatic rings. The Morgan fingerprint density at radius 3 is 2.54 bits per heavy atom. The number of carbonyl (C=O) groups is 1. The zero-order valence-electron chi connectivity index (χ0n) is 16.5. The number of hydrogen-bond donors (Lipinski definition) is 2. The van der Waals surface area contributed by atoms with E-state index in [2.05, 4.69) is 14.9 Å². The fourth-order valence-electron chi connectivity index (χ4n) is 3.14. The third kappa shape index (κ3) is 4.39. The van der Waals surface area contributed by atoms with Gasteiger partial charge in [-0.1, -0.05) is 0 Å². The van der Waals surface area contributed by atoms with Gasteiger partial charge in [-0.25, -0.2) is 9.97 Å². The maximum atomic E-state index is 11.5. The van der Waals surface area contributed by atoms with Gasteiger partial charge in [0.1, 0.15) is 17.9 Å². The molecule has 1 aromatic heterocycles. The average Bonchev–Trinajstić information content (AvgIpc) is 2.68. The number of nitrogens with two attached hydrogens (primary N) is 1. The molecule has 1 amide bonds. The fraction of sp³-hybridized carbons (Fsp3) is 0.400. The molecule has 148 valence electrons. The van der Waals surface area contributed by atoms with Crippen LogP contribution in [0.25, 0.3) is 0 Å². The smallest absolute Gasteiger partial charge is 0.219 e. The largest absolute Gasteiger partial charge is 0.491 e. The Balaban J connectivity index is 1.80. The van der Waals surface area contributed by atoms with Crippen LogP contribution in [0.5, 0.6) is 5.75 Å². The predicted octanol–water partition coefficient (Wildman–Crippen LogP) is 1.93. The van der Waals surface area contributed by atoms with Crippen molar-refractivity contribution in [1.82, 2.24) is 14.9 Å². The molecular formula is C20H26N6O2. The van der Waals surface area contributed by atoms with E-state index in [1.165, 1.54) is 6.33 Å². The van der Waals surface area contributed by atoms with Gasteiger partial charge in [0.2, 0.25) is 5.91 Å². The van der Waals surface area contributed by atoms with Gasteiger partial charge in [-0.2, -0.15) is 0 Å². The summed E-state index contributed by atoms with van der Waals surface area (Å²) in [6, 6.07) is 7.10. The van der Waals surface area contributed by atoms with E-state index in [9.17, 15) is 4.79 Å². The van der Waals surface area contributed by atoms with Crippen molar-refractivity contribution in [3.8, 4) is 5.75 Å². The van der Waals surface area contributed by atoms with Crippen molar-refractivity contribution in [2.75, 3.05) is 36.8 Å². The lowest BCUT2D eigenvalue weighted by molar-refractivity contribution is -0.129. The Hall–Kier alpha value is -3.16. The molecule has 0 radical (unpaired) electrons. The van der Waals surface area contributed by atoms with E-state index in [1.807, 2.05) is 18.7 Å². The van der Waals surface area contributed by atoms with Gasteiger partial charge in [0.15, 0.2) is 0 Å². The Bertz CT molecular complexity index is 875. The fourth-order valence-corrected chi connectivity index (χ4v) is 3.14. The number of amides is 1. The molecule has 0 aliphatic carbocycles. The third-order valence-corrected chi connectivity index (χ3v) is 4.62. The van der Waals surface area contributed by atoms with Crippen molar-refractivity contribution >= 4 is 23.1 Å². The number of hydrogen-bond acceptors (Lipinski definition) is 7. The summed E-state index contributed by atoms with van der Waals surface area (Å²) in [7, 11) is 0. The highest BCUT2D eigenvalue weighted by atomic mass is 16.5. The van der Waals surface area contributed by atoms with Crippen LogP contribution in [0.3, 0.4) is 0 Å². The van der Waals surface area contributed by atoms with E-state index in [-0.39, 0.29) is 17.7 Å². The first-order valence-corrected chi connectivity index (χ1v) is 9.33. The molecule has 0 saturated carbocycles. The van der Waals surface area contributed by atoms with E-state index in [4.69, 9.17) is 15.9 Å². The quantitative estimate of drug-likeness (QED) is 0.604. The van der Waals surface area contributed by atoms with Gasteiger partial charge < -0.3 is 20.3 Å². The first-order valence-electron chi connectivity index (χ1n) is 9.33. The van der Waals surface area contributed by atoms with Crippen LogP contribution in [0.15, 0.2) is 30.6 Å². The molecule has 2 heterocycles. The minimum Gasteiger partial charge on any atom is -0.491 e. The summed E-state index contributed by atoms with van der Waals surface area (Å²) in [4.78, 5) is 24.0. The number of anilines is 2. The Labute approximate surface area is 164 Å². The zero-order valence-corrected chi connectivity index (χ0v) is 16.5. The Morgan fingerprint density at radius 2 is 1.89 bits per heavy atom. The van der Waals surface area contributed by atoms with Crippen LogP contribution in [-0.4, -0.2) is 58.8 Å². The van der Waals surface area contributed by atoms with Gasteiger partial charge in [0.05, 0.1) is 17.5 Å². The van der Waals surface area contributed by atoms with Gasteiger partial charge >= 0.3 is 0 Å². The Morgan fingerprint density at radius 1 is 1.18 bits per heavy atom. The lowest BCUT2D eigenvalue weighted by atomic mass is 10.0. The second-order valence-electron chi connectivity index (χ2n) is 7.05. The normalized spacial score (nSPS) is 14.3. The van der Waals surface area contributed by atoms with Crippen LogP contribution in [0.2, 0.25) is 0 Å². The van der Waals surface area contributed by atoms with Crippen LogP contribution >= 0.6 is 0 Å². The summed E-state index contributed by atoms with van der Waals surface area (Å²) in [5, 5.41) is 8.59. The van der Waals surface area contributed by atoms with Crippen LogP contribution in [0.1, 0.15) is 32.0 Å². The first-order chi connectivity index (χ1) is 13.3. The number of benzene rings is 1. The highest BCUT2D eigenvalue weighted by Crippen LogP contribution is 2.24. The molecule has 0 unspecified atom stereocenters. The van der Waals surface area contributed by atoms with Gasteiger partial charge in [0.25, 0.3) is 0 Å². The summed E-state index contributed by atoms with van der Waals surface area (Å²) in [6.45, 7) is 8.20. The van der Waals surface area contributed by atoms with Crippen molar-refractivity contribution < 1.29 is 9.53 Å². The molecule has 1 aromatic carbocycles. The summed E-state index contributed by atoms with van der Waals surface area (Å²) >= 11 is 0. The molecule has 3 rings (SSSR count). The van der Waals surface area contributed by atoms with Gasteiger partial charge in [0, 0.05) is 50.4 Å². The first kappa shape index (κ1) is 19.6. The highest BCUT2D eigenvalue weighted by molar-refractivity contribution is 6.13. The van der Waals surface area contributed by atoms with E-state index in [1.54, 1.807) is 31.2 Å². The van der Waals surface area contributed by atoms with Crippen molar-refractivity contribution in [1.29, 1.82) is 5.41 Å². The number of piperazine rings is 1. The summed E-state index contributed by atoms with van der Waals surface area (Å²) in [5.41, 5.74) is 7.88. The minimum atomic E-state index is 0.0324. The number of aromatic nitrogens is 2. The monoisotopic (exact) mass is 382 g/mol. The van der Waals surface area contributed by atoms with E-state index in [0.717, 1.165) is 5.82 Å². The molecule has 1 aliphatic heterocycles. The van der Waals surface area contributed by atoms with Gasteiger partial charge in [-0.15, -0.1) is 0 Å². The number of nitrogen functional groups attached to an aromatic ring is 1. The van der Waals surface area contributed by atoms with Crippen LogP contribution < -0.4 is 15.4 Å². The number of rotatable bonds is 5. The summed E-state index contributed by atoms with van der Waals surface area (Å²) in [5.74, 6) is 1.49. The molecule has 1 aliphatic rings. The van der Waals surface area contributed by atoms with Crippen LogP contribution in [0.4, 0.5) is 11.5 Å². The summed E-state index contributed by atoms with van der Waals surface area (Å²) < 4.78 is 5.72. The van der Waals surface area contributed by atoms with Gasteiger partial charge in [-0.05, 0) is 32.0 Å². The number of nitrogens with zero attached hydrogens (tertiary/aromatic N) is 4. The number of carbonyl (C=O) groups excluding carboxylic acids is 1. The average molecular weight is 382 g/mol. The zero-order chi connectivity index (χ0) is 20.3. The number of nitrogens with one attached hydrogen (secondary N) is 1. The standard InChI is InChI=1S/C20H26N6O2/c1-13(2)28-15-4-5-17(21)16(10-15)20(22)18-11-19(24-12-23-18)26-8-6-25(7-9-26)14(3)27/h4-5,10-13,22H,6-9,21H2,1-3H3. The molecule has 3 N–H and O–H groups in total.